The smallest absolute Gasteiger partial charge is 0.152 e. The van der Waals surface area contributed by atoms with E-state index in [0.717, 1.165) is 18.3 Å². The van der Waals surface area contributed by atoms with Crippen molar-refractivity contribution in [2.24, 2.45) is 17.8 Å². The quantitative estimate of drug-likeness (QED) is 0.716. The van der Waals surface area contributed by atoms with Gasteiger partial charge in [-0.2, -0.15) is 0 Å². The van der Waals surface area contributed by atoms with Crippen LogP contribution in [-0.4, -0.2) is 16.3 Å². The molecule has 3 atom stereocenters. The Balaban J connectivity index is 1.70. The molecule has 2 heteroatoms. The van der Waals surface area contributed by atoms with E-state index < -0.39 is 0 Å². The first-order valence-electron chi connectivity index (χ1n) is 6.41. The molecule has 0 aromatic heterocycles. The molecule has 1 nitrogen and oxygen atoms in total. The maximum atomic E-state index is 12.5. The minimum Gasteiger partial charge on any atom is -0.298 e. The lowest BCUT2D eigenvalue weighted by Gasteiger charge is -2.21. The first-order chi connectivity index (χ1) is 7.22. The van der Waals surface area contributed by atoms with Crippen molar-refractivity contribution in [3.63, 3.8) is 0 Å². The van der Waals surface area contributed by atoms with Crippen LogP contribution in [0.1, 0.15) is 45.4 Å². The molecular weight excluding hydrogens is 204 g/mol. The van der Waals surface area contributed by atoms with E-state index in [1.54, 1.807) is 0 Å². The first-order valence-corrected chi connectivity index (χ1v) is 7.39. The molecule has 0 bridgehead atoms. The fourth-order valence-corrected chi connectivity index (χ4v) is 5.01. The number of hydrogen-bond donors (Lipinski definition) is 0. The predicted octanol–water partition coefficient (Wildman–Crippen LogP) is 3.28. The Hall–Kier alpha value is 0.0200. The van der Waals surface area contributed by atoms with Gasteiger partial charge in [0.1, 0.15) is 0 Å². The molecule has 0 amide bonds. The lowest BCUT2D eigenvalue weighted by atomic mass is 9.95. The molecule has 2 saturated carbocycles. The Labute approximate surface area is 96.4 Å². The molecule has 2 aliphatic carbocycles. The molecule has 3 unspecified atom stereocenters. The standard InChI is InChI=1S/C13H20OS/c1-13(7-4-8-15-13)12(14)11-9-5-2-3-6-10(9)11/h9-11H,2-8H2,1H3. The summed E-state index contributed by atoms with van der Waals surface area (Å²) in [6.07, 6.45) is 7.79. The molecule has 0 spiro atoms. The zero-order valence-corrected chi connectivity index (χ0v) is 10.3. The predicted molar refractivity (Wildman–Crippen MR) is 64.0 cm³/mol. The highest BCUT2D eigenvalue weighted by atomic mass is 32.2. The topological polar surface area (TPSA) is 17.1 Å². The third-order valence-electron chi connectivity index (χ3n) is 4.70. The average Bonchev–Trinajstić information content (AvgIpc) is 2.82. The van der Waals surface area contributed by atoms with E-state index in [4.69, 9.17) is 0 Å². The summed E-state index contributed by atoms with van der Waals surface area (Å²) in [5.74, 6) is 3.88. The Morgan fingerprint density at radius 2 is 1.87 bits per heavy atom. The number of thioether (sulfide) groups is 1. The van der Waals surface area contributed by atoms with Gasteiger partial charge in [0.05, 0.1) is 4.75 Å². The first kappa shape index (κ1) is 10.2. The second-order valence-corrected chi connectivity index (χ2v) is 7.28. The monoisotopic (exact) mass is 224 g/mol. The van der Waals surface area contributed by atoms with Gasteiger partial charge in [-0.25, -0.2) is 0 Å². The number of carbonyl (C=O) groups excluding carboxylic acids is 1. The Bertz CT molecular complexity index is 268. The summed E-state index contributed by atoms with van der Waals surface area (Å²) in [5.41, 5.74) is 0. The van der Waals surface area contributed by atoms with Gasteiger partial charge in [-0.05, 0) is 50.2 Å². The second-order valence-electron chi connectivity index (χ2n) is 5.69. The van der Waals surface area contributed by atoms with E-state index in [9.17, 15) is 4.79 Å². The van der Waals surface area contributed by atoms with Crippen molar-refractivity contribution in [2.45, 2.75) is 50.2 Å². The summed E-state index contributed by atoms with van der Waals surface area (Å²) in [7, 11) is 0. The molecule has 1 saturated heterocycles. The van der Waals surface area contributed by atoms with E-state index in [1.807, 2.05) is 11.8 Å². The van der Waals surface area contributed by atoms with Crippen molar-refractivity contribution in [2.75, 3.05) is 5.75 Å². The van der Waals surface area contributed by atoms with Crippen molar-refractivity contribution < 1.29 is 4.79 Å². The minimum absolute atomic E-state index is 0.00199. The Kier molecular flexibility index (Phi) is 2.39. The number of hydrogen-bond acceptors (Lipinski definition) is 2. The van der Waals surface area contributed by atoms with Gasteiger partial charge in [-0.3, -0.25) is 4.79 Å². The van der Waals surface area contributed by atoms with Crippen molar-refractivity contribution in [1.29, 1.82) is 0 Å². The van der Waals surface area contributed by atoms with Crippen LogP contribution in [-0.2, 0) is 4.79 Å². The number of rotatable bonds is 2. The molecule has 3 aliphatic rings. The van der Waals surface area contributed by atoms with Gasteiger partial charge in [0.25, 0.3) is 0 Å². The third-order valence-corrected chi connectivity index (χ3v) is 6.23. The van der Waals surface area contributed by atoms with Crippen LogP contribution in [0, 0.1) is 17.8 Å². The highest BCUT2D eigenvalue weighted by Crippen LogP contribution is 2.58. The zero-order valence-electron chi connectivity index (χ0n) is 9.50. The Morgan fingerprint density at radius 3 is 2.40 bits per heavy atom. The van der Waals surface area contributed by atoms with E-state index >= 15 is 0 Å². The normalized spacial score (nSPS) is 48.7. The molecular formula is C13H20OS. The van der Waals surface area contributed by atoms with Gasteiger partial charge in [-0.1, -0.05) is 12.8 Å². The van der Waals surface area contributed by atoms with Crippen molar-refractivity contribution in [3.8, 4) is 0 Å². The van der Waals surface area contributed by atoms with Gasteiger partial charge in [0.2, 0.25) is 0 Å². The number of ketones is 1. The summed E-state index contributed by atoms with van der Waals surface area (Å²) in [5, 5.41) is 0. The number of fused-ring (bicyclic) bond motifs is 1. The van der Waals surface area contributed by atoms with Crippen LogP contribution >= 0.6 is 11.8 Å². The van der Waals surface area contributed by atoms with Crippen LogP contribution in [0.25, 0.3) is 0 Å². The summed E-state index contributed by atoms with van der Waals surface area (Å²) in [6.45, 7) is 2.19. The maximum absolute atomic E-state index is 12.5. The van der Waals surface area contributed by atoms with Gasteiger partial charge in [0, 0.05) is 5.92 Å². The summed E-state index contributed by atoms with van der Waals surface area (Å²) in [6, 6.07) is 0. The molecule has 3 fully saturated rings. The van der Waals surface area contributed by atoms with Crippen LogP contribution in [0.5, 0.6) is 0 Å². The lowest BCUT2D eigenvalue weighted by Crippen LogP contribution is -2.31. The lowest BCUT2D eigenvalue weighted by molar-refractivity contribution is -0.122. The van der Waals surface area contributed by atoms with E-state index in [2.05, 4.69) is 6.92 Å². The largest absolute Gasteiger partial charge is 0.298 e. The molecule has 0 aromatic carbocycles. The van der Waals surface area contributed by atoms with Crippen LogP contribution in [0.2, 0.25) is 0 Å². The SMILES string of the molecule is CC1(C(=O)C2C3CCCCC32)CCCS1. The van der Waals surface area contributed by atoms with Gasteiger partial charge in [-0.15, -0.1) is 11.8 Å². The van der Waals surface area contributed by atoms with E-state index in [0.29, 0.717) is 11.7 Å². The highest BCUT2D eigenvalue weighted by molar-refractivity contribution is 8.01. The molecule has 0 radical (unpaired) electrons. The molecule has 0 N–H and O–H groups in total. The van der Waals surface area contributed by atoms with Gasteiger partial charge >= 0.3 is 0 Å². The molecule has 3 rings (SSSR count). The second kappa shape index (κ2) is 3.51. The molecule has 15 heavy (non-hydrogen) atoms. The van der Waals surface area contributed by atoms with Crippen molar-refractivity contribution >= 4 is 17.5 Å². The highest BCUT2D eigenvalue weighted by Gasteiger charge is 2.58. The van der Waals surface area contributed by atoms with Crippen LogP contribution in [0.15, 0.2) is 0 Å². The van der Waals surface area contributed by atoms with Crippen molar-refractivity contribution in [3.05, 3.63) is 0 Å². The summed E-state index contributed by atoms with van der Waals surface area (Å²) in [4.78, 5) is 12.5. The fraction of sp³-hybridized carbons (Fsp3) is 0.923. The van der Waals surface area contributed by atoms with Crippen LogP contribution in [0.4, 0.5) is 0 Å². The van der Waals surface area contributed by atoms with Gasteiger partial charge < -0.3 is 0 Å². The Morgan fingerprint density at radius 1 is 1.20 bits per heavy atom. The maximum Gasteiger partial charge on any atom is 0.152 e. The van der Waals surface area contributed by atoms with E-state index in [-0.39, 0.29) is 4.75 Å². The molecule has 1 aliphatic heterocycles. The minimum atomic E-state index is 0.00199. The zero-order chi connectivity index (χ0) is 10.5. The number of Topliss-reactive ketones (excluding diaryl/α,β-unsaturated/α-hetero) is 1. The summed E-state index contributed by atoms with van der Waals surface area (Å²) >= 11 is 1.92. The number of carbonyl (C=O) groups is 1. The fourth-order valence-electron chi connectivity index (χ4n) is 3.71. The van der Waals surface area contributed by atoms with Crippen LogP contribution < -0.4 is 0 Å². The molecule has 84 valence electrons. The molecule has 0 aromatic rings. The van der Waals surface area contributed by atoms with Crippen LogP contribution in [0.3, 0.4) is 0 Å². The van der Waals surface area contributed by atoms with Crippen molar-refractivity contribution in [1.82, 2.24) is 0 Å². The average molecular weight is 224 g/mol. The third kappa shape index (κ3) is 1.56. The van der Waals surface area contributed by atoms with E-state index in [1.165, 1.54) is 37.9 Å². The molecule has 1 heterocycles. The van der Waals surface area contributed by atoms with Gasteiger partial charge in [0.15, 0.2) is 5.78 Å². The summed E-state index contributed by atoms with van der Waals surface area (Å²) < 4.78 is 0.00199.